The van der Waals surface area contributed by atoms with E-state index in [0.717, 1.165) is 37.8 Å². The maximum absolute atomic E-state index is 12.2. The molecular formula is C16H19N3O. The Balaban J connectivity index is 1.61. The Morgan fingerprint density at radius 3 is 2.95 bits per heavy atom. The fourth-order valence-electron chi connectivity index (χ4n) is 3.34. The van der Waals surface area contributed by atoms with Gasteiger partial charge in [0.05, 0.1) is 0 Å². The maximum atomic E-state index is 12.2. The van der Waals surface area contributed by atoms with Crippen LogP contribution in [0, 0.1) is 17.4 Å². The number of carbonyl (C=O) groups excluding carboxylic acids is 1. The lowest BCUT2D eigenvalue weighted by molar-refractivity contribution is -0.119. The van der Waals surface area contributed by atoms with Crippen LogP contribution in [0.25, 0.3) is 0 Å². The Morgan fingerprint density at radius 2 is 2.10 bits per heavy atom. The summed E-state index contributed by atoms with van der Waals surface area (Å²) in [4.78, 5) is 12.2. The molecule has 0 radical (unpaired) electrons. The Morgan fingerprint density at radius 1 is 1.25 bits per heavy atom. The number of nitrogens with one attached hydrogen (secondary N) is 2. The van der Waals surface area contributed by atoms with Gasteiger partial charge in [0.15, 0.2) is 6.19 Å². The molecule has 0 unspecified atom stereocenters. The first kappa shape index (κ1) is 13.0. The van der Waals surface area contributed by atoms with Crippen LogP contribution in [-0.2, 0) is 17.6 Å². The molecule has 1 aromatic rings. The third kappa shape index (κ3) is 2.62. The molecular weight excluding hydrogens is 250 g/mol. The zero-order chi connectivity index (χ0) is 13.9. The molecule has 0 spiro atoms. The fourth-order valence-corrected chi connectivity index (χ4v) is 3.34. The van der Waals surface area contributed by atoms with Crippen LogP contribution in [0.2, 0.25) is 0 Å². The number of anilines is 1. The quantitative estimate of drug-likeness (QED) is 0.654. The number of aryl methyl sites for hydroxylation is 2. The molecule has 1 fully saturated rings. The third-order valence-electron chi connectivity index (χ3n) is 4.44. The van der Waals surface area contributed by atoms with Gasteiger partial charge in [-0.15, -0.1) is 0 Å². The van der Waals surface area contributed by atoms with Crippen LogP contribution >= 0.6 is 0 Å². The van der Waals surface area contributed by atoms with Crippen LogP contribution < -0.4 is 10.6 Å². The van der Waals surface area contributed by atoms with Crippen molar-refractivity contribution in [2.45, 2.75) is 44.6 Å². The molecule has 0 heterocycles. The molecule has 0 aromatic heterocycles. The molecule has 1 saturated carbocycles. The first-order valence-electron chi connectivity index (χ1n) is 7.33. The number of fused-ring (bicyclic) bond motifs is 1. The van der Waals surface area contributed by atoms with Crippen molar-refractivity contribution in [2.75, 3.05) is 5.32 Å². The summed E-state index contributed by atoms with van der Waals surface area (Å²) in [6.07, 6.45) is 7.98. The van der Waals surface area contributed by atoms with Gasteiger partial charge in [0, 0.05) is 17.6 Å². The average Bonchev–Trinajstić information content (AvgIpc) is 3.07. The van der Waals surface area contributed by atoms with E-state index >= 15 is 0 Å². The highest BCUT2D eigenvalue weighted by molar-refractivity contribution is 5.92. The molecule has 3 rings (SSSR count). The molecule has 0 saturated heterocycles. The lowest BCUT2D eigenvalue weighted by Gasteiger charge is -2.12. The van der Waals surface area contributed by atoms with E-state index in [2.05, 4.69) is 22.8 Å². The molecule has 2 atom stereocenters. The molecule has 2 aliphatic rings. The summed E-state index contributed by atoms with van der Waals surface area (Å²) in [5.41, 5.74) is 3.70. The molecule has 2 N–H and O–H groups in total. The van der Waals surface area contributed by atoms with E-state index in [1.165, 1.54) is 17.5 Å². The van der Waals surface area contributed by atoms with Crippen LogP contribution in [0.3, 0.4) is 0 Å². The Bertz CT molecular complexity index is 561. The zero-order valence-corrected chi connectivity index (χ0v) is 11.5. The lowest BCUT2D eigenvalue weighted by Crippen LogP contribution is -2.25. The second-order valence-electron chi connectivity index (χ2n) is 5.79. The molecule has 4 nitrogen and oxygen atoms in total. The maximum Gasteiger partial charge on any atom is 0.227 e. The van der Waals surface area contributed by atoms with Crippen LogP contribution in [0.15, 0.2) is 18.2 Å². The molecule has 1 amide bonds. The summed E-state index contributed by atoms with van der Waals surface area (Å²) in [5, 5.41) is 14.4. The molecule has 0 aliphatic heterocycles. The molecule has 104 valence electrons. The average molecular weight is 269 g/mol. The summed E-state index contributed by atoms with van der Waals surface area (Å²) in [5.74, 6) is 0.110. The minimum Gasteiger partial charge on any atom is -0.326 e. The summed E-state index contributed by atoms with van der Waals surface area (Å²) in [6, 6.07) is 6.41. The van der Waals surface area contributed by atoms with Crippen molar-refractivity contribution < 1.29 is 4.79 Å². The van der Waals surface area contributed by atoms with E-state index in [-0.39, 0.29) is 17.9 Å². The summed E-state index contributed by atoms with van der Waals surface area (Å²) < 4.78 is 0. The zero-order valence-electron chi connectivity index (χ0n) is 11.5. The summed E-state index contributed by atoms with van der Waals surface area (Å²) >= 11 is 0. The highest BCUT2D eigenvalue weighted by Crippen LogP contribution is 2.28. The van der Waals surface area contributed by atoms with Crippen LogP contribution in [-0.4, -0.2) is 11.9 Å². The van der Waals surface area contributed by atoms with Gasteiger partial charge in [-0.1, -0.05) is 6.07 Å². The SMILES string of the molecule is N#CN[C@H]1CC[C@H](C(=O)Nc2ccc3c(c2)CCC3)C1. The molecule has 4 heteroatoms. The summed E-state index contributed by atoms with van der Waals surface area (Å²) in [7, 11) is 0. The van der Waals surface area contributed by atoms with Crippen molar-refractivity contribution in [3.05, 3.63) is 29.3 Å². The van der Waals surface area contributed by atoms with E-state index in [4.69, 9.17) is 5.26 Å². The second-order valence-corrected chi connectivity index (χ2v) is 5.79. The number of nitriles is 1. The normalized spacial score (nSPS) is 23.9. The van der Waals surface area contributed by atoms with Crippen molar-refractivity contribution in [3.8, 4) is 6.19 Å². The number of nitrogens with zero attached hydrogens (tertiary/aromatic N) is 1. The smallest absolute Gasteiger partial charge is 0.227 e. The van der Waals surface area contributed by atoms with Crippen molar-refractivity contribution >= 4 is 11.6 Å². The standard InChI is InChI=1S/C16H19N3O/c17-10-18-14-6-5-13(9-14)16(20)19-15-7-4-11-2-1-3-12(11)8-15/h4,7-8,13-14,18H,1-3,5-6,9H2,(H,19,20)/t13-,14-/m0/s1. The first-order chi connectivity index (χ1) is 9.76. The van der Waals surface area contributed by atoms with E-state index < -0.39 is 0 Å². The highest BCUT2D eigenvalue weighted by Gasteiger charge is 2.29. The van der Waals surface area contributed by atoms with Gasteiger partial charge in [-0.3, -0.25) is 4.79 Å². The largest absolute Gasteiger partial charge is 0.326 e. The number of hydrogen-bond acceptors (Lipinski definition) is 3. The molecule has 20 heavy (non-hydrogen) atoms. The van der Waals surface area contributed by atoms with Gasteiger partial charge in [-0.2, -0.15) is 5.26 Å². The number of amides is 1. The van der Waals surface area contributed by atoms with Gasteiger partial charge in [0.2, 0.25) is 5.91 Å². The number of benzene rings is 1. The van der Waals surface area contributed by atoms with Gasteiger partial charge in [-0.25, -0.2) is 0 Å². The van der Waals surface area contributed by atoms with Crippen molar-refractivity contribution in [1.29, 1.82) is 5.26 Å². The van der Waals surface area contributed by atoms with Gasteiger partial charge in [0.25, 0.3) is 0 Å². The first-order valence-corrected chi connectivity index (χ1v) is 7.33. The van der Waals surface area contributed by atoms with E-state index in [1.54, 1.807) is 0 Å². The van der Waals surface area contributed by atoms with Gasteiger partial charge in [-0.05, 0) is 61.8 Å². The topological polar surface area (TPSA) is 64.9 Å². The number of carbonyl (C=O) groups is 1. The van der Waals surface area contributed by atoms with E-state index in [9.17, 15) is 4.79 Å². The van der Waals surface area contributed by atoms with Gasteiger partial charge >= 0.3 is 0 Å². The van der Waals surface area contributed by atoms with Crippen molar-refractivity contribution in [1.82, 2.24) is 5.32 Å². The Hall–Kier alpha value is -2.02. The third-order valence-corrected chi connectivity index (χ3v) is 4.44. The molecule has 2 aliphatic carbocycles. The number of hydrogen-bond donors (Lipinski definition) is 2. The Labute approximate surface area is 119 Å². The monoisotopic (exact) mass is 269 g/mol. The van der Waals surface area contributed by atoms with Crippen LogP contribution in [0.5, 0.6) is 0 Å². The van der Waals surface area contributed by atoms with Gasteiger partial charge in [0.1, 0.15) is 0 Å². The van der Waals surface area contributed by atoms with E-state index in [1.807, 2.05) is 12.3 Å². The Kier molecular flexibility index (Phi) is 3.60. The lowest BCUT2D eigenvalue weighted by atomic mass is 10.1. The fraction of sp³-hybridized carbons (Fsp3) is 0.500. The van der Waals surface area contributed by atoms with Crippen LogP contribution in [0.1, 0.15) is 36.8 Å². The second kappa shape index (κ2) is 5.54. The minimum absolute atomic E-state index is 0.0223. The summed E-state index contributed by atoms with van der Waals surface area (Å²) in [6.45, 7) is 0. The van der Waals surface area contributed by atoms with Crippen molar-refractivity contribution in [3.63, 3.8) is 0 Å². The van der Waals surface area contributed by atoms with Crippen molar-refractivity contribution in [2.24, 2.45) is 5.92 Å². The minimum atomic E-state index is 0.0223. The van der Waals surface area contributed by atoms with E-state index in [0.29, 0.717) is 0 Å². The van der Waals surface area contributed by atoms with Crippen LogP contribution in [0.4, 0.5) is 5.69 Å². The predicted molar refractivity (Wildman–Crippen MR) is 77.0 cm³/mol. The predicted octanol–water partition coefficient (Wildman–Crippen LogP) is 2.35. The highest BCUT2D eigenvalue weighted by atomic mass is 16.1. The van der Waals surface area contributed by atoms with Gasteiger partial charge < -0.3 is 10.6 Å². The molecule has 1 aromatic carbocycles. The number of rotatable bonds is 3. The molecule has 0 bridgehead atoms.